The maximum Gasteiger partial charge on any atom is 0.0717 e. The Kier molecular flexibility index (Phi) is 7.70. The van der Waals surface area contributed by atoms with Crippen molar-refractivity contribution in [1.82, 2.24) is 5.32 Å². The molecular formula is C16H27NO. The van der Waals surface area contributed by atoms with Gasteiger partial charge in [-0.05, 0) is 31.2 Å². The van der Waals surface area contributed by atoms with Crippen LogP contribution in [0.1, 0.15) is 39.2 Å². The van der Waals surface area contributed by atoms with Crippen LogP contribution in [0.3, 0.4) is 0 Å². The van der Waals surface area contributed by atoms with E-state index in [2.05, 4.69) is 38.2 Å². The Morgan fingerprint density at radius 2 is 1.78 bits per heavy atom. The second kappa shape index (κ2) is 9.12. The van der Waals surface area contributed by atoms with Gasteiger partial charge in [-0.15, -0.1) is 0 Å². The van der Waals surface area contributed by atoms with E-state index >= 15 is 0 Å². The highest BCUT2D eigenvalue weighted by Crippen LogP contribution is 2.06. The summed E-state index contributed by atoms with van der Waals surface area (Å²) in [5.74, 6) is 0.795. The second-order valence-electron chi connectivity index (χ2n) is 5.36. The summed E-state index contributed by atoms with van der Waals surface area (Å²) in [6, 6.07) is 10.9. The molecule has 102 valence electrons. The van der Waals surface area contributed by atoms with Gasteiger partial charge in [-0.3, -0.25) is 0 Å². The number of hydrogen-bond donors (Lipinski definition) is 1. The molecule has 18 heavy (non-hydrogen) atoms. The first-order chi connectivity index (χ1) is 8.68. The van der Waals surface area contributed by atoms with Crippen LogP contribution in [0.25, 0.3) is 0 Å². The van der Waals surface area contributed by atoms with Crippen molar-refractivity contribution in [2.24, 2.45) is 5.92 Å². The van der Waals surface area contributed by atoms with Crippen molar-refractivity contribution in [3.05, 3.63) is 35.9 Å². The van der Waals surface area contributed by atoms with Gasteiger partial charge in [0, 0.05) is 12.6 Å². The molecule has 0 spiro atoms. The van der Waals surface area contributed by atoms with Crippen LogP contribution in [0, 0.1) is 5.92 Å². The van der Waals surface area contributed by atoms with Gasteiger partial charge >= 0.3 is 0 Å². The first kappa shape index (κ1) is 15.2. The van der Waals surface area contributed by atoms with Gasteiger partial charge in [0.15, 0.2) is 0 Å². The van der Waals surface area contributed by atoms with E-state index < -0.39 is 0 Å². The minimum atomic E-state index is 0.590. The predicted octanol–water partition coefficient (Wildman–Crippen LogP) is 3.62. The highest BCUT2D eigenvalue weighted by molar-refractivity contribution is 5.13. The summed E-state index contributed by atoms with van der Waals surface area (Å²) in [4.78, 5) is 0. The van der Waals surface area contributed by atoms with Crippen molar-refractivity contribution >= 4 is 0 Å². The van der Waals surface area contributed by atoms with Crippen LogP contribution in [-0.4, -0.2) is 19.2 Å². The molecule has 0 aliphatic rings. The largest absolute Gasteiger partial charge is 0.375 e. The molecule has 1 N–H and O–H groups in total. The fourth-order valence-electron chi connectivity index (χ4n) is 1.83. The van der Waals surface area contributed by atoms with Crippen molar-refractivity contribution in [2.75, 3.05) is 13.2 Å². The molecule has 0 saturated carbocycles. The molecule has 1 rings (SSSR count). The maximum absolute atomic E-state index is 5.63. The molecule has 0 amide bonds. The standard InChI is InChI=1S/C16H27NO/c1-14(2)9-10-15(3)17-11-12-18-13-16-7-5-4-6-8-16/h4-8,14-15,17H,9-13H2,1-3H3. The number of ether oxygens (including phenoxy) is 1. The quantitative estimate of drug-likeness (QED) is 0.675. The molecule has 1 unspecified atom stereocenters. The second-order valence-corrected chi connectivity index (χ2v) is 5.36. The fourth-order valence-corrected chi connectivity index (χ4v) is 1.83. The van der Waals surface area contributed by atoms with Crippen molar-refractivity contribution < 1.29 is 4.74 Å². The summed E-state index contributed by atoms with van der Waals surface area (Å²) in [6.45, 7) is 9.22. The molecule has 0 bridgehead atoms. The number of benzene rings is 1. The number of rotatable bonds is 9. The Hall–Kier alpha value is -0.860. The van der Waals surface area contributed by atoms with Gasteiger partial charge in [0.05, 0.1) is 13.2 Å². The lowest BCUT2D eigenvalue weighted by Crippen LogP contribution is -2.29. The highest BCUT2D eigenvalue weighted by Gasteiger charge is 2.02. The Bertz CT molecular complexity index is 297. The average molecular weight is 249 g/mol. The first-order valence-electron chi connectivity index (χ1n) is 7.03. The van der Waals surface area contributed by atoms with E-state index in [1.54, 1.807) is 0 Å². The Labute approximate surface area is 112 Å². The molecule has 1 aromatic carbocycles. The van der Waals surface area contributed by atoms with Gasteiger partial charge < -0.3 is 10.1 Å². The first-order valence-corrected chi connectivity index (χ1v) is 7.03. The lowest BCUT2D eigenvalue weighted by Gasteiger charge is -2.15. The van der Waals surface area contributed by atoms with E-state index in [9.17, 15) is 0 Å². The maximum atomic E-state index is 5.63. The molecule has 0 saturated heterocycles. The number of hydrogen-bond acceptors (Lipinski definition) is 2. The lowest BCUT2D eigenvalue weighted by atomic mass is 10.0. The smallest absolute Gasteiger partial charge is 0.0717 e. The van der Waals surface area contributed by atoms with E-state index in [1.165, 1.54) is 18.4 Å². The zero-order valence-electron chi connectivity index (χ0n) is 12.0. The molecule has 0 aliphatic carbocycles. The normalized spacial score (nSPS) is 12.9. The monoisotopic (exact) mass is 249 g/mol. The van der Waals surface area contributed by atoms with Crippen LogP contribution >= 0.6 is 0 Å². The average Bonchev–Trinajstić information content (AvgIpc) is 2.37. The van der Waals surface area contributed by atoms with Gasteiger partial charge in [-0.1, -0.05) is 44.2 Å². The molecule has 0 heterocycles. The fraction of sp³-hybridized carbons (Fsp3) is 0.625. The molecule has 0 aromatic heterocycles. The van der Waals surface area contributed by atoms with E-state index in [0.29, 0.717) is 12.6 Å². The molecule has 1 aromatic rings. The van der Waals surface area contributed by atoms with Crippen molar-refractivity contribution in [3.8, 4) is 0 Å². The van der Waals surface area contributed by atoms with Gasteiger partial charge in [0.25, 0.3) is 0 Å². The molecule has 0 fully saturated rings. The summed E-state index contributed by atoms with van der Waals surface area (Å²) in [7, 11) is 0. The van der Waals surface area contributed by atoms with Gasteiger partial charge in [0.2, 0.25) is 0 Å². The zero-order chi connectivity index (χ0) is 13.2. The third-order valence-electron chi connectivity index (χ3n) is 3.03. The van der Waals surface area contributed by atoms with E-state index in [0.717, 1.165) is 19.1 Å². The van der Waals surface area contributed by atoms with Crippen LogP contribution < -0.4 is 5.32 Å². The predicted molar refractivity (Wildman–Crippen MR) is 77.6 cm³/mol. The number of nitrogens with one attached hydrogen (secondary N) is 1. The molecule has 2 heteroatoms. The summed E-state index contributed by atoms with van der Waals surface area (Å²) < 4.78 is 5.63. The highest BCUT2D eigenvalue weighted by atomic mass is 16.5. The lowest BCUT2D eigenvalue weighted by molar-refractivity contribution is 0.120. The SMILES string of the molecule is CC(C)CCC(C)NCCOCc1ccccc1. The van der Waals surface area contributed by atoms with Gasteiger partial charge in [-0.25, -0.2) is 0 Å². The Morgan fingerprint density at radius 1 is 1.06 bits per heavy atom. The van der Waals surface area contributed by atoms with E-state index in [4.69, 9.17) is 4.74 Å². The summed E-state index contributed by atoms with van der Waals surface area (Å²) in [6.07, 6.45) is 2.54. The van der Waals surface area contributed by atoms with Crippen LogP contribution in [0.5, 0.6) is 0 Å². The third kappa shape index (κ3) is 7.46. The van der Waals surface area contributed by atoms with E-state index in [1.807, 2.05) is 18.2 Å². The van der Waals surface area contributed by atoms with Gasteiger partial charge in [-0.2, -0.15) is 0 Å². The van der Waals surface area contributed by atoms with Crippen molar-refractivity contribution in [2.45, 2.75) is 46.3 Å². The van der Waals surface area contributed by atoms with Crippen LogP contribution in [-0.2, 0) is 11.3 Å². The van der Waals surface area contributed by atoms with E-state index in [-0.39, 0.29) is 0 Å². The van der Waals surface area contributed by atoms with Crippen LogP contribution in [0.2, 0.25) is 0 Å². The zero-order valence-corrected chi connectivity index (χ0v) is 12.0. The summed E-state index contributed by atoms with van der Waals surface area (Å²) >= 11 is 0. The third-order valence-corrected chi connectivity index (χ3v) is 3.03. The van der Waals surface area contributed by atoms with Crippen molar-refractivity contribution in [3.63, 3.8) is 0 Å². The molecule has 0 aliphatic heterocycles. The van der Waals surface area contributed by atoms with Crippen LogP contribution in [0.4, 0.5) is 0 Å². The molecule has 2 nitrogen and oxygen atoms in total. The summed E-state index contributed by atoms with van der Waals surface area (Å²) in [5, 5.41) is 3.50. The topological polar surface area (TPSA) is 21.3 Å². The molecular weight excluding hydrogens is 222 g/mol. The summed E-state index contributed by atoms with van der Waals surface area (Å²) in [5.41, 5.74) is 1.24. The van der Waals surface area contributed by atoms with Gasteiger partial charge in [0.1, 0.15) is 0 Å². The molecule has 1 atom stereocenters. The van der Waals surface area contributed by atoms with Crippen LogP contribution in [0.15, 0.2) is 30.3 Å². The molecule has 0 radical (unpaired) electrons. The van der Waals surface area contributed by atoms with Crippen molar-refractivity contribution in [1.29, 1.82) is 0 Å². The Balaban J connectivity index is 1.98. The minimum Gasteiger partial charge on any atom is -0.375 e. The minimum absolute atomic E-state index is 0.590. The Morgan fingerprint density at radius 3 is 2.44 bits per heavy atom.